The first-order chi connectivity index (χ1) is 7.47. The number of benzene rings is 1. The van der Waals surface area contributed by atoms with Gasteiger partial charge in [0.2, 0.25) is 0 Å². The molecule has 16 heavy (non-hydrogen) atoms. The summed E-state index contributed by atoms with van der Waals surface area (Å²) in [6.07, 6.45) is -1.07. The van der Waals surface area contributed by atoms with E-state index in [0.717, 1.165) is 31.4 Å². The molecule has 0 atom stereocenters. The minimum absolute atomic E-state index is 0.127. The molecule has 1 aliphatic carbocycles. The van der Waals surface area contributed by atoms with Crippen LogP contribution >= 0.6 is 11.6 Å². The van der Waals surface area contributed by atoms with Gasteiger partial charge in [-0.05, 0) is 37.5 Å². The first kappa shape index (κ1) is 11.6. The zero-order valence-corrected chi connectivity index (χ0v) is 9.20. The Kier molecular flexibility index (Phi) is 3.02. The Labute approximate surface area is 96.6 Å². The maximum atomic E-state index is 12.4. The average molecular weight is 250 g/mol. The molecule has 0 amide bonds. The van der Waals surface area contributed by atoms with Gasteiger partial charge in [-0.3, -0.25) is 0 Å². The van der Waals surface area contributed by atoms with E-state index in [1.807, 2.05) is 0 Å². The van der Waals surface area contributed by atoms with Crippen LogP contribution in [0.4, 0.5) is 18.9 Å². The van der Waals surface area contributed by atoms with E-state index < -0.39 is 11.7 Å². The van der Waals surface area contributed by atoms with E-state index in [0.29, 0.717) is 11.7 Å². The van der Waals surface area contributed by atoms with Crippen molar-refractivity contribution < 1.29 is 13.2 Å². The molecular weight excluding hydrogens is 239 g/mol. The molecule has 88 valence electrons. The quantitative estimate of drug-likeness (QED) is 0.823. The molecule has 0 saturated heterocycles. The lowest BCUT2D eigenvalue weighted by Gasteiger charge is -2.28. The normalized spacial score (nSPS) is 17.0. The number of hydrogen-bond acceptors (Lipinski definition) is 1. The lowest BCUT2D eigenvalue weighted by Crippen LogP contribution is -2.27. The van der Waals surface area contributed by atoms with Crippen LogP contribution < -0.4 is 5.32 Å². The molecule has 0 aromatic heterocycles. The molecule has 1 N–H and O–H groups in total. The summed E-state index contributed by atoms with van der Waals surface area (Å²) in [5.74, 6) is 0. The molecule has 1 fully saturated rings. The van der Waals surface area contributed by atoms with Crippen molar-refractivity contribution in [2.75, 3.05) is 5.32 Å². The van der Waals surface area contributed by atoms with E-state index in [1.54, 1.807) is 0 Å². The standard InChI is InChI=1S/C11H11ClF3N/c12-9-6-7(11(13,14)15)4-5-10(9)16-8-2-1-3-8/h4-6,8,16H,1-3H2. The van der Waals surface area contributed by atoms with Crippen LogP contribution in [0.25, 0.3) is 0 Å². The summed E-state index contributed by atoms with van der Waals surface area (Å²) >= 11 is 5.80. The number of anilines is 1. The van der Waals surface area contributed by atoms with Crippen molar-refractivity contribution in [3.63, 3.8) is 0 Å². The molecule has 0 spiro atoms. The minimum atomic E-state index is -4.33. The second kappa shape index (κ2) is 4.17. The smallest absolute Gasteiger partial charge is 0.381 e. The Balaban J connectivity index is 2.15. The summed E-state index contributed by atoms with van der Waals surface area (Å²) in [7, 11) is 0. The number of alkyl halides is 3. The maximum absolute atomic E-state index is 12.4. The van der Waals surface area contributed by atoms with Crippen molar-refractivity contribution in [1.29, 1.82) is 0 Å². The molecule has 1 aromatic rings. The van der Waals surface area contributed by atoms with Crippen molar-refractivity contribution in [2.45, 2.75) is 31.5 Å². The minimum Gasteiger partial charge on any atom is -0.381 e. The second-order valence-electron chi connectivity index (χ2n) is 3.96. The fourth-order valence-electron chi connectivity index (χ4n) is 1.58. The summed E-state index contributed by atoms with van der Waals surface area (Å²) in [4.78, 5) is 0. The van der Waals surface area contributed by atoms with Gasteiger partial charge in [0.25, 0.3) is 0 Å². The van der Waals surface area contributed by atoms with Gasteiger partial charge >= 0.3 is 6.18 Å². The Hall–Kier alpha value is -0.900. The summed E-state index contributed by atoms with van der Waals surface area (Å²) in [6, 6.07) is 3.76. The predicted octanol–water partition coefficient (Wildman–Crippen LogP) is 4.32. The first-order valence-corrected chi connectivity index (χ1v) is 5.48. The van der Waals surface area contributed by atoms with Gasteiger partial charge < -0.3 is 5.32 Å². The molecule has 1 saturated carbocycles. The number of hydrogen-bond donors (Lipinski definition) is 1. The van der Waals surface area contributed by atoms with Crippen LogP contribution in [0.15, 0.2) is 18.2 Å². The molecule has 0 aliphatic heterocycles. The second-order valence-corrected chi connectivity index (χ2v) is 4.37. The van der Waals surface area contributed by atoms with Crippen molar-refractivity contribution in [3.05, 3.63) is 28.8 Å². The highest BCUT2D eigenvalue weighted by atomic mass is 35.5. The monoisotopic (exact) mass is 249 g/mol. The molecule has 0 bridgehead atoms. The Morgan fingerprint density at radius 2 is 1.94 bits per heavy atom. The molecule has 0 unspecified atom stereocenters. The van der Waals surface area contributed by atoms with E-state index in [2.05, 4.69) is 5.32 Å². The largest absolute Gasteiger partial charge is 0.416 e. The summed E-state index contributed by atoms with van der Waals surface area (Å²) in [5.41, 5.74) is -0.129. The van der Waals surface area contributed by atoms with E-state index >= 15 is 0 Å². The molecular formula is C11H11ClF3N. The molecule has 1 aliphatic rings. The zero-order chi connectivity index (χ0) is 11.8. The Bertz CT molecular complexity index is 385. The fourth-order valence-corrected chi connectivity index (χ4v) is 1.82. The van der Waals surface area contributed by atoms with Gasteiger partial charge in [-0.2, -0.15) is 13.2 Å². The van der Waals surface area contributed by atoms with Crippen LogP contribution in [0.5, 0.6) is 0 Å². The van der Waals surface area contributed by atoms with Gasteiger partial charge in [0.1, 0.15) is 0 Å². The van der Waals surface area contributed by atoms with E-state index in [9.17, 15) is 13.2 Å². The zero-order valence-electron chi connectivity index (χ0n) is 8.44. The van der Waals surface area contributed by atoms with Gasteiger partial charge in [-0.15, -0.1) is 0 Å². The van der Waals surface area contributed by atoms with Gasteiger partial charge in [0.15, 0.2) is 0 Å². The SMILES string of the molecule is FC(F)(F)c1ccc(NC2CCC2)c(Cl)c1. The van der Waals surface area contributed by atoms with Crippen molar-refractivity contribution in [2.24, 2.45) is 0 Å². The van der Waals surface area contributed by atoms with Crippen LogP contribution in [0, 0.1) is 0 Å². The van der Waals surface area contributed by atoms with E-state index in [4.69, 9.17) is 11.6 Å². The summed E-state index contributed by atoms with van der Waals surface area (Å²) in [6.45, 7) is 0. The molecule has 5 heteroatoms. The lowest BCUT2D eigenvalue weighted by molar-refractivity contribution is -0.137. The lowest BCUT2D eigenvalue weighted by atomic mass is 9.93. The first-order valence-electron chi connectivity index (χ1n) is 5.10. The molecule has 1 nitrogen and oxygen atoms in total. The molecule has 0 radical (unpaired) electrons. The highest BCUT2D eigenvalue weighted by Crippen LogP contribution is 2.35. The maximum Gasteiger partial charge on any atom is 0.416 e. The number of rotatable bonds is 2. The topological polar surface area (TPSA) is 12.0 Å². The molecule has 2 rings (SSSR count). The van der Waals surface area contributed by atoms with Crippen molar-refractivity contribution >= 4 is 17.3 Å². The highest BCUT2D eigenvalue weighted by molar-refractivity contribution is 6.33. The van der Waals surface area contributed by atoms with Crippen LogP contribution in [0.3, 0.4) is 0 Å². The Morgan fingerprint density at radius 1 is 1.25 bits per heavy atom. The third-order valence-electron chi connectivity index (χ3n) is 2.76. The van der Waals surface area contributed by atoms with Gasteiger partial charge in [0.05, 0.1) is 16.3 Å². The molecule has 0 heterocycles. The Morgan fingerprint density at radius 3 is 2.38 bits per heavy atom. The number of halogens is 4. The van der Waals surface area contributed by atoms with Crippen LogP contribution in [0.1, 0.15) is 24.8 Å². The van der Waals surface area contributed by atoms with Crippen LogP contribution in [-0.2, 0) is 6.18 Å². The average Bonchev–Trinajstić information content (AvgIpc) is 2.11. The fraction of sp³-hybridized carbons (Fsp3) is 0.455. The van der Waals surface area contributed by atoms with Crippen molar-refractivity contribution in [1.82, 2.24) is 0 Å². The molecule has 1 aromatic carbocycles. The number of nitrogens with one attached hydrogen (secondary N) is 1. The summed E-state index contributed by atoms with van der Waals surface area (Å²) < 4.78 is 37.1. The van der Waals surface area contributed by atoms with Crippen LogP contribution in [-0.4, -0.2) is 6.04 Å². The third-order valence-corrected chi connectivity index (χ3v) is 3.07. The van der Waals surface area contributed by atoms with Gasteiger partial charge in [-0.25, -0.2) is 0 Å². The summed E-state index contributed by atoms with van der Waals surface area (Å²) in [5, 5.41) is 3.25. The van der Waals surface area contributed by atoms with Gasteiger partial charge in [-0.1, -0.05) is 11.6 Å². The van der Waals surface area contributed by atoms with Crippen molar-refractivity contribution in [3.8, 4) is 0 Å². The van der Waals surface area contributed by atoms with E-state index in [1.165, 1.54) is 6.07 Å². The highest BCUT2D eigenvalue weighted by Gasteiger charge is 2.31. The van der Waals surface area contributed by atoms with Gasteiger partial charge in [0, 0.05) is 6.04 Å². The van der Waals surface area contributed by atoms with Crippen LogP contribution in [0.2, 0.25) is 5.02 Å². The van der Waals surface area contributed by atoms with E-state index in [-0.39, 0.29) is 5.02 Å². The predicted molar refractivity (Wildman–Crippen MR) is 57.7 cm³/mol. The third kappa shape index (κ3) is 2.43.